The van der Waals surface area contributed by atoms with Crippen LogP contribution >= 0.6 is 0 Å². The van der Waals surface area contributed by atoms with Crippen molar-refractivity contribution in [3.63, 3.8) is 0 Å². The van der Waals surface area contributed by atoms with Gasteiger partial charge in [0.05, 0.1) is 6.26 Å². The van der Waals surface area contributed by atoms with Crippen LogP contribution in [0.2, 0.25) is 0 Å². The van der Waals surface area contributed by atoms with Crippen molar-refractivity contribution in [2.75, 3.05) is 19.3 Å². The summed E-state index contributed by atoms with van der Waals surface area (Å²) in [7, 11) is -3.28. The largest absolute Gasteiger partial charge is 0.342 e. The van der Waals surface area contributed by atoms with Crippen LogP contribution in [-0.2, 0) is 14.8 Å². The molecule has 0 spiro atoms. The highest BCUT2D eigenvalue weighted by Gasteiger charge is 2.47. The Hall–Kier alpha value is -2.32. The molecule has 5 nitrogen and oxygen atoms in total. The summed E-state index contributed by atoms with van der Waals surface area (Å²) in [5.41, 5.74) is 1.10. The number of carbonyl (C=O) groups excluding carboxylic acids is 1. The van der Waals surface area contributed by atoms with Crippen LogP contribution in [0, 0.1) is 17.6 Å². The molecule has 8 heteroatoms. The van der Waals surface area contributed by atoms with Gasteiger partial charge in [0.15, 0.2) is 0 Å². The molecule has 166 valence electrons. The van der Waals surface area contributed by atoms with E-state index in [1.165, 1.54) is 12.1 Å². The smallest absolute Gasteiger partial charge is 0.226 e. The average molecular weight is 449 g/mol. The summed E-state index contributed by atoms with van der Waals surface area (Å²) in [6.45, 7) is 1.06. The monoisotopic (exact) mass is 448 g/mol. The number of nitrogens with one attached hydrogen (secondary N) is 1. The molecule has 1 aliphatic heterocycles. The second-order valence-electron chi connectivity index (χ2n) is 8.48. The molecule has 0 radical (unpaired) electrons. The number of amides is 1. The Kier molecular flexibility index (Phi) is 6.12. The van der Waals surface area contributed by atoms with E-state index in [0.717, 1.165) is 12.7 Å². The molecule has 4 rings (SSSR count). The standard InChI is InChI=1S/C23H26F2N2O3S/c1-31(29,30)26-15-6-5-12-27(13-11-15)23(28)19-14-18(19)16-8-4-10-21(25)22(16)17-7-2-3-9-20(17)24/h2-4,7-10,15,18-19,26H,5-6,11-14H2,1H3. The maximum Gasteiger partial charge on any atom is 0.226 e. The van der Waals surface area contributed by atoms with Gasteiger partial charge in [0.25, 0.3) is 0 Å². The summed E-state index contributed by atoms with van der Waals surface area (Å²) >= 11 is 0. The molecule has 1 heterocycles. The first-order valence-electron chi connectivity index (χ1n) is 10.5. The van der Waals surface area contributed by atoms with E-state index in [0.29, 0.717) is 37.9 Å². The van der Waals surface area contributed by atoms with Crippen LogP contribution in [0.25, 0.3) is 11.1 Å². The average Bonchev–Trinajstić information content (AvgIpc) is 3.51. The Morgan fingerprint density at radius 3 is 2.52 bits per heavy atom. The minimum absolute atomic E-state index is 0.00810. The number of sulfonamides is 1. The van der Waals surface area contributed by atoms with Crippen molar-refractivity contribution in [1.29, 1.82) is 0 Å². The molecule has 2 aromatic rings. The van der Waals surface area contributed by atoms with E-state index < -0.39 is 21.7 Å². The van der Waals surface area contributed by atoms with Gasteiger partial charge in [-0.05, 0) is 49.3 Å². The Bertz CT molecular complexity index is 1090. The first kappa shape index (κ1) is 21.9. The van der Waals surface area contributed by atoms with Crippen molar-refractivity contribution >= 4 is 15.9 Å². The SMILES string of the molecule is CS(=O)(=O)NC1CCCN(C(=O)C2CC2c2cccc(F)c2-c2ccccc2F)CC1. The maximum absolute atomic E-state index is 14.7. The van der Waals surface area contributed by atoms with E-state index >= 15 is 0 Å². The zero-order valence-corrected chi connectivity index (χ0v) is 18.2. The summed E-state index contributed by atoms with van der Waals surface area (Å²) in [5, 5.41) is 0. The van der Waals surface area contributed by atoms with Gasteiger partial charge in [0, 0.05) is 36.2 Å². The molecule has 0 bridgehead atoms. The molecule has 1 aliphatic carbocycles. The fourth-order valence-electron chi connectivity index (χ4n) is 4.58. The van der Waals surface area contributed by atoms with Crippen molar-refractivity contribution in [3.05, 3.63) is 59.7 Å². The van der Waals surface area contributed by atoms with Crippen molar-refractivity contribution < 1.29 is 22.0 Å². The first-order valence-corrected chi connectivity index (χ1v) is 12.4. The lowest BCUT2D eigenvalue weighted by molar-refractivity contribution is -0.132. The molecule has 31 heavy (non-hydrogen) atoms. The van der Waals surface area contributed by atoms with Gasteiger partial charge in [0.2, 0.25) is 15.9 Å². The normalized spacial score (nSPS) is 24.0. The quantitative estimate of drug-likeness (QED) is 0.759. The molecule has 1 N–H and O–H groups in total. The highest BCUT2D eigenvalue weighted by atomic mass is 32.2. The number of rotatable bonds is 5. The molecule has 1 amide bonds. The van der Waals surface area contributed by atoms with E-state index in [2.05, 4.69) is 4.72 Å². The third-order valence-electron chi connectivity index (χ3n) is 6.12. The number of nitrogens with zero attached hydrogens (tertiary/aromatic N) is 1. The van der Waals surface area contributed by atoms with Crippen LogP contribution < -0.4 is 4.72 Å². The summed E-state index contributed by atoms with van der Waals surface area (Å²) in [4.78, 5) is 14.9. The minimum Gasteiger partial charge on any atom is -0.342 e. The van der Waals surface area contributed by atoms with Crippen molar-refractivity contribution in [2.24, 2.45) is 5.92 Å². The van der Waals surface area contributed by atoms with Gasteiger partial charge in [-0.15, -0.1) is 0 Å². The predicted molar refractivity (Wildman–Crippen MR) is 115 cm³/mol. The molecule has 2 fully saturated rings. The van der Waals surface area contributed by atoms with Gasteiger partial charge >= 0.3 is 0 Å². The Balaban J connectivity index is 1.49. The van der Waals surface area contributed by atoms with Gasteiger partial charge in [-0.1, -0.05) is 30.3 Å². The molecular formula is C23H26F2N2O3S. The third-order valence-corrected chi connectivity index (χ3v) is 6.88. The van der Waals surface area contributed by atoms with Gasteiger partial charge in [-0.3, -0.25) is 4.79 Å². The number of halogens is 2. The van der Waals surface area contributed by atoms with Crippen molar-refractivity contribution in [2.45, 2.75) is 37.6 Å². The Morgan fingerprint density at radius 2 is 1.77 bits per heavy atom. The summed E-state index contributed by atoms with van der Waals surface area (Å²) in [6, 6.07) is 10.6. The topological polar surface area (TPSA) is 66.5 Å². The van der Waals surface area contributed by atoms with Crippen LogP contribution in [-0.4, -0.2) is 44.6 Å². The summed E-state index contributed by atoms with van der Waals surface area (Å²) in [6.07, 6.45) is 3.71. The molecule has 0 aromatic heterocycles. The van der Waals surface area contributed by atoms with E-state index in [1.807, 2.05) is 0 Å². The van der Waals surface area contributed by atoms with E-state index in [9.17, 15) is 22.0 Å². The molecule has 3 unspecified atom stereocenters. The van der Waals surface area contributed by atoms with Crippen molar-refractivity contribution in [1.82, 2.24) is 9.62 Å². The lowest BCUT2D eigenvalue weighted by Gasteiger charge is -2.21. The second kappa shape index (κ2) is 8.67. The number of benzene rings is 2. The maximum atomic E-state index is 14.7. The fraction of sp³-hybridized carbons (Fsp3) is 0.435. The Labute approximate surface area is 181 Å². The zero-order valence-electron chi connectivity index (χ0n) is 17.4. The van der Waals surface area contributed by atoms with Crippen LogP contribution in [0.4, 0.5) is 8.78 Å². The molecular weight excluding hydrogens is 422 g/mol. The molecule has 3 atom stereocenters. The van der Waals surface area contributed by atoms with Crippen LogP contribution in [0.15, 0.2) is 42.5 Å². The van der Waals surface area contributed by atoms with Gasteiger partial charge in [-0.25, -0.2) is 21.9 Å². The highest BCUT2D eigenvalue weighted by Crippen LogP contribution is 2.52. The number of carbonyl (C=O) groups is 1. The van der Waals surface area contributed by atoms with Gasteiger partial charge in [-0.2, -0.15) is 0 Å². The fourth-order valence-corrected chi connectivity index (χ4v) is 5.42. The zero-order chi connectivity index (χ0) is 22.2. The van der Waals surface area contributed by atoms with E-state index in [-0.39, 0.29) is 34.9 Å². The van der Waals surface area contributed by atoms with Crippen LogP contribution in [0.5, 0.6) is 0 Å². The number of likely N-dealkylation sites (tertiary alicyclic amines) is 1. The molecule has 1 saturated carbocycles. The van der Waals surface area contributed by atoms with Crippen LogP contribution in [0.3, 0.4) is 0 Å². The lowest BCUT2D eigenvalue weighted by Crippen LogP contribution is -2.36. The number of hydrogen-bond donors (Lipinski definition) is 1. The van der Waals surface area contributed by atoms with Crippen LogP contribution in [0.1, 0.15) is 37.2 Å². The minimum atomic E-state index is -3.28. The van der Waals surface area contributed by atoms with E-state index in [4.69, 9.17) is 0 Å². The second-order valence-corrected chi connectivity index (χ2v) is 10.3. The van der Waals surface area contributed by atoms with Crippen molar-refractivity contribution in [3.8, 4) is 11.1 Å². The first-order chi connectivity index (χ1) is 14.7. The summed E-state index contributed by atoms with van der Waals surface area (Å²) in [5.74, 6) is -1.38. The highest BCUT2D eigenvalue weighted by molar-refractivity contribution is 7.88. The third kappa shape index (κ3) is 4.96. The van der Waals surface area contributed by atoms with E-state index in [1.54, 1.807) is 35.2 Å². The molecule has 2 aliphatic rings. The number of hydrogen-bond acceptors (Lipinski definition) is 3. The van der Waals surface area contributed by atoms with Gasteiger partial charge < -0.3 is 4.90 Å². The molecule has 2 aromatic carbocycles. The molecule has 1 saturated heterocycles. The summed E-state index contributed by atoms with van der Waals surface area (Å²) < 4.78 is 54.7. The Morgan fingerprint density at radius 1 is 1.03 bits per heavy atom. The predicted octanol–water partition coefficient (Wildman–Crippen LogP) is 3.67. The van der Waals surface area contributed by atoms with Gasteiger partial charge in [0.1, 0.15) is 11.6 Å². The lowest BCUT2D eigenvalue weighted by atomic mass is 9.95.